The molecular formula is C20H23Cl2N3O4S. The van der Waals surface area contributed by atoms with Gasteiger partial charge in [-0.3, -0.25) is 0 Å². The molecule has 1 aliphatic rings. The van der Waals surface area contributed by atoms with E-state index in [2.05, 4.69) is 5.32 Å². The standard InChI is InChI=1S/C20H23Cl2N3O4S/c1-15-4-2-5-16(14-15)29-13-8-23-20(26)24-9-11-25(12-10-24)30(27,28)19-17(21)6-3-7-18(19)22/h2-7,14H,8-13H2,1H3,(H,23,26). The normalized spacial score (nSPS) is 15.1. The van der Waals surface area contributed by atoms with Crippen molar-refractivity contribution in [1.82, 2.24) is 14.5 Å². The second-order valence-corrected chi connectivity index (χ2v) is 9.53. The van der Waals surface area contributed by atoms with Gasteiger partial charge in [0.2, 0.25) is 10.0 Å². The zero-order valence-electron chi connectivity index (χ0n) is 16.5. The van der Waals surface area contributed by atoms with E-state index in [0.717, 1.165) is 11.3 Å². The monoisotopic (exact) mass is 471 g/mol. The van der Waals surface area contributed by atoms with Gasteiger partial charge in [-0.2, -0.15) is 4.31 Å². The van der Waals surface area contributed by atoms with Gasteiger partial charge in [0.25, 0.3) is 0 Å². The highest BCUT2D eigenvalue weighted by Gasteiger charge is 2.32. The van der Waals surface area contributed by atoms with E-state index in [0.29, 0.717) is 13.2 Å². The van der Waals surface area contributed by atoms with E-state index in [-0.39, 0.29) is 47.2 Å². The third-order valence-electron chi connectivity index (χ3n) is 4.68. The maximum absolute atomic E-state index is 12.9. The molecule has 7 nitrogen and oxygen atoms in total. The molecule has 0 radical (unpaired) electrons. The summed E-state index contributed by atoms with van der Waals surface area (Å²) in [5, 5.41) is 2.95. The number of aryl methyl sites for hydroxylation is 1. The molecule has 0 saturated carbocycles. The summed E-state index contributed by atoms with van der Waals surface area (Å²) in [6, 6.07) is 12.0. The molecule has 10 heteroatoms. The van der Waals surface area contributed by atoms with Crippen molar-refractivity contribution < 1.29 is 17.9 Å². The molecule has 3 rings (SSSR count). The maximum Gasteiger partial charge on any atom is 0.317 e. The van der Waals surface area contributed by atoms with Crippen LogP contribution >= 0.6 is 23.2 Å². The van der Waals surface area contributed by atoms with Gasteiger partial charge < -0.3 is 15.0 Å². The fourth-order valence-corrected chi connectivity index (χ4v) is 5.65. The summed E-state index contributed by atoms with van der Waals surface area (Å²) in [5.41, 5.74) is 1.10. The summed E-state index contributed by atoms with van der Waals surface area (Å²) in [7, 11) is -3.84. The Hall–Kier alpha value is -2.00. The Morgan fingerprint density at radius 2 is 1.70 bits per heavy atom. The zero-order valence-corrected chi connectivity index (χ0v) is 18.8. The summed E-state index contributed by atoms with van der Waals surface area (Å²) in [6.07, 6.45) is 0. The predicted molar refractivity (Wildman–Crippen MR) is 117 cm³/mol. The van der Waals surface area contributed by atoms with Crippen molar-refractivity contribution in [3.05, 3.63) is 58.1 Å². The van der Waals surface area contributed by atoms with Crippen LogP contribution in [0.5, 0.6) is 5.75 Å². The lowest BCUT2D eigenvalue weighted by Gasteiger charge is -2.34. The molecule has 0 aromatic heterocycles. The Balaban J connectivity index is 1.48. The molecular weight excluding hydrogens is 449 g/mol. The fraction of sp³-hybridized carbons (Fsp3) is 0.350. The van der Waals surface area contributed by atoms with E-state index in [9.17, 15) is 13.2 Å². The van der Waals surface area contributed by atoms with Crippen molar-refractivity contribution >= 4 is 39.3 Å². The molecule has 0 aliphatic carbocycles. The van der Waals surface area contributed by atoms with E-state index in [1.165, 1.54) is 16.4 Å². The van der Waals surface area contributed by atoms with Crippen LogP contribution in [0.2, 0.25) is 10.0 Å². The number of urea groups is 1. The molecule has 1 aliphatic heterocycles. The van der Waals surface area contributed by atoms with E-state index < -0.39 is 10.0 Å². The van der Waals surface area contributed by atoms with Gasteiger partial charge in [0.05, 0.1) is 16.6 Å². The topological polar surface area (TPSA) is 79.0 Å². The molecule has 162 valence electrons. The number of piperazine rings is 1. The number of amides is 2. The molecule has 1 saturated heterocycles. The molecule has 1 heterocycles. The first kappa shape index (κ1) is 22.7. The lowest BCUT2D eigenvalue weighted by atomic mass is 10.2. The summed E-state index contributed by atoms with van der Waals surface area (Å²) >= 11 is 12.1. The Kier molecular flexibility index (Phi) is 7.46. The highest BCUT2D eigenvalue weighted by atomic mass is 35.5. The lowest BCUT2D eigenvalue weighted by molar-refractivity contribution is 0.170. The second kappa shape index (κ2) is 9.87. The number of nitrogens with one attached hydrogen (secondary N) is 1. The SMILES string of the molecule is Cc1cccc(OCCNC(=O)N2CCN(S(=O)(=O)c3c(Cl)cccc3Cl)CC2)c1. The van der Waals surface area contributed by atoms with Gasteiger partial charge in [0, 0.05) is 26.2 Å². The minimum Gasteiger partial charge on any atom is -0.492 e. The van der Waals surface area contributed by atoms with Crippen molar-refractivity contribution in [1.29, 1.82) is 0 Å². The number of carbonyl (C=O) groups excluding carboxylic acids is 1. The highest BCUT2D eigenvalue weighted by molar-refractivity contribution is 7.89. The van der Waals surface area contributed by atoms with Crippen molar-refractivity contribution in [2.45, 2.75) is 11.8 Å². The van der Waals surface area contributed by atoms with Crippen LogP contribution in [0.3, 0.4) is 0 Å². The second-order valence-electron chi connectivity index (χ2n) is 6.84. The highest BCUT2D eigenvalue weighted by Crippen LogP contribution is 2.31. The van der Waals surface area contributed by atoms with E-state index >= 15 is 0 Å². The van der Waals surface area contributed by atoms with Gasteiger partial charge >= 0.3 is 6.03 Å². The average Bonchev–Trinajstić information content (AvgIpc) is 2.71. The minimum absolute atomic E-state index is 0.0799. The molecule has 1 N–H and O–H groups in total. The Labute approximate surface area is 186 Å². The number of benzene rings is 2. The van der Waals surface area contributed by atoms with Gasteiger partial charge in [-0.25, -0.2) is 13.2 Å². The number of carbonyl (C=O) groups is 1. The van der Waals surface area contributed by atoms with Crippen LogP contribution in [-0.2, 0) is 10.0 Å². The van der Waals surface area contributed by atoms with Gasteiger partial charge in [0.15, 0.2) is 0 Å². The number of hydrogen-bond donors (Lipinski definition) is 1. The molecule has 0 atom stereocenters. The summed E-state index contributed by atoms with van der Waals surface area (Å²) in [5.74, 6) is 0.751. The van der Waals surface area contributed by atoms with Gasteiger partial charge in [-0.1, -0.05) is 41.4 Å². The van der Waals surface area contributed by atoms with Gasteiger partial charge in [0.1, 0.15) is 17.3 Å². The number of hydrogen-bond acceptors (Lipinski definition) is 4. The molecule has 1 fully saturated rings. The molecule has 0 unspecified atom stereocenters. The smallest absolute Gasteiger partial charge is 0.317 e. The molecule has 30 heavy (non-hydrogen) atoms. The van der Waals surface area contributed by atoms with Crippen LogP contribution < -0.4 is 10.1 Å². The quantitative estimate of drug-likeness (QED) is 0.654. The van der Waals surface area contributed by atoms with Crippen LogP contribution in [-0.4, -0.2) is 63.0 Å². The maximum atomic E-state index is 12.9. The van der Waals surface area contributed by atoms with Crippen molar-refractivity contribution in [2.75, 3.05) is 39.3 Å². The number of rotatable bonds is 6. The third-order valence-corrected chi connectivity index (χ3v) is 7.53. The van der Waals surface area contributed by atoms with Crippen LogP contribution in [0, 0.1) is 6.92 Å². The fourth-order valence-electron chi connectivity index (χ4n) is 3.13. The number of nitrogens with zero attached hydrogens (tertiary/aromatic N) is 2. The Morgan fingerprint density at radius 3 is 2.33 bits per heavy atom. The number of ether oxygens (including phenoxy) is 1. The van der Waals surface area contributed by atoms with E-state index in [4.69, 9.17) is 27.9 Å². The van der Waals surface area contributed by atoms with E-state index in [1.54, 1.807) is 11.0 Å². The zero-order chi connectivity index (χ0) is 21.7. The molecule has 0 bridgehead atoms. The Bertz CT molecular complexity index is 989. The van der Waals surface area contributed by atoms with Crippen LogP contribution in [0.1, 0.15) is 5.56 Å². The van der Waals surface area contributed by atoms with Crippen molar-refractivity contribution in [3.8, 4) is 5.75 Å². The molecule has 2 aromatic carbocycles. The first-order valence-electron chi connectivity index (χ1n) is 9.45. The average molecular weight is 472 g/mol. The van der Waals surface area contributed by atoms with Crippen molar-refractivity contribution in [3.63, 3.8) is 0 Å². The van der Waals surface area contributed by atoms with E-state index in [1.807, 2.05) is 31.2 Å². The van der Waals surface area contributed by atoms with Gasteiger partial charge in [-0.15, -0.1) is 0 Å². The van der Waals surface area contributed by atoms with Crippen LogP contribution in [0.4, 0.5) is 4.79 Å². The molecule has 2 amide bonds. The molecule has 0 spiro atoms. The number of sulfonamides is 1. The predicted octanol–water partition coefficient (Wildman–Crippen LogP) is 3.40. The lowest BCUT2D eigenvalue weighted by Crippen LogP contribution is -2.53. The summed E-state index contributed by atoms with van der Waals surface area (Å²) in [6.45, 7) is 3.54. The van der Waals surface area contributed by atoms with Crippen molar-refractivity contribution in [2.24, 2.45) is 0 Å². The Morgan fingerprint density at radius 1 is 1.07 bits per heavy atom. The first-order chi connectivity index (χ1) is 14.3. The van der Waals surface area contributed by atoms with Crippen LogP contribution in [0.25, 0.3) is 0 Å². The minimum atomic E-state index is -3.84. The summed E-state index contributed by atoms with van der Waals surface area (Å²) < 4.78 is 32.7. The summed E-state index contributed by atoms with van der Waals surface area (Å²) in [4.78, 5) is 13.8. The molecule has 2 aromatic rings. The van der Waals surface area contributed by atoms with Crippen LogP contribution in [0.15, 0.2) is 47.4 Å². The van der Waals surface area contributed by atoms with Gasteiger partial charge in [-0.05, 0) is 36.8 Å². The first-order valence-corrected chi connectivity index (χ1v) is 11.6. The number of halogens is 2. The largest absolute Gasteiger partial charge is 0.492 e. The third kappa shape index (κ3) is 5.37.